The van der Waals surface area contributed by atoms with E-state index in [-0.39, 0.29) is 5.97 Å². The zero-order valence-corrected chi connectivity index (χ0v) is 15.6. The average Bonchev–Trinajstić information content (AvgIpc) is 2.70. The highest BCUT2D eigenvalue weighted by Gasteiger charge is 2.09. The van der Waals surface area contributed by atoms with Crippen molar-refractivity contribution >= 4 is 29.1 Å². The van der Waals surface area contributed by atoms with E-state index >= 15 is 0 Å². The number of aryl methyl sites for hydroxylation is 1. The predicted octanol–water partition coefficient (Wildman–Crippen LogP) is 4.32. The molecule has 1 heterocycles. The fraction of sp³-hybridized carbons (Fsp3) is 0.143. The first-order valence-corrected chi connectivity index (χ1v) is 8.74. The molecule has 2 N–H and O–H groups in total. The van der Waals surface area contributed by atoms with Gasteiger partial charge >= 0.3 is 5.97 Å². The van der Waals surface area contributed by atoms with E-state index in [1.807, 2.05) is 13.0 Å². The molecule has 0 atom stereocenters. The van der Waals surface area contributed by atoms with Crippen LogP contribution >= 0.6 is 0 Å². The zero-order chi connectivity index (χ0) is 19.9. The number of aromatic nitrogens is 2. The van der Waals surface area contributed by atoms with Gasteiger partial charge in [-0.3, -0.25) is 0 Å². The molecular weight excluding hydrogens is 354 g/mol. The number of nitrogens with one attached hydrogen (secondary N) is 2. The van der Waals surface area contributed by atoms with Gasteiger partial charge in [-0.2, -0.15) is 10.2 Å². The van der Waals surface area contributed by atoms with Crippen LogP contribution in [-0.4, -0.2) is 22.5 Å². The Morgan fingerprint density at radius 3 is 2.61 bits per heavy atom. The first-order valence-electron chi connectivity index (χ1n) is 8.74. The monoisotopic (exact) mass is 373 g/mol. The van der Waals surface area contributed by atoms with Crippen molar-refractivity contribution in [3.8, 4) is 6.07 Å². The molecule has 0 radical (unpaired) electrons. The van der Waals surface area contributed by atoms with E-state index in [1.54, 1.807) is 55.6 Å². The van der Waals surface area contributed by atoms with Crippen LogP contribution in [0.1, 0.15) is 28.4 Å². The second-order valence-electron chi connectivity index (χ2n) is 5.95. The number of nitrogens with zero attached hydrogens (tertiary/aromatic N) is 3. The number of anilines is 4. The quantitative estimate of drug-likeness (QED) is 0.621. The Morgan fingerprint density at radius 1 is 1.14 bits per heavy atom. The number of esters is 1. The van der Waals surface area contributed by atoms with Gasteiger partial charge in [0.15, 0.2) is 0 Å². The van der Waals surface area contributed by atoms with Gasteiger partial charge in [0.2, 0.25) is 5.95 Å². The Bertz CT molecular complexity index is 1030. The molecule has 7 heteroatoms. The summed E-state index contributed by atoms with van der Waals surface area (Å²) >= 11 is 0. The van der Waals surface area contributed by atoms with Crippen LogP contribution in [0.5, 0.6) is 0 Å². The van der Waals surface area contributed by atoms with Crippen LogP contribution < -0.4 is 10.6 Å². The number of nitriles is 1. The maximum atomic E-state index is 11.8. The minimum Gasteiger partial charge on any atom is -0.462 e. The van der Waals surface area contributed by atoms with Crippen molar-refractivity contribution < 1.29 is 9.53 Å². The molecule has 2 aromatic carbocycles. The summed E-state index contributed by atoms with van der Waals surface area (Å²) in [7, 11) is 0. The van der Waals surface area contributed by atoms with Crippen LogP contribution in [0.2, 0.25) is 0 Å². The fourth-order valence-corrected chi connectivity index (χ4v) is 2.53. The Balaban J connectivity index is 1.73. The van der Waals surface area contributed by atoms with Crippen molar-refractivity contribution in [1.82, 2.24) is 9.97 Å². The first kappa shape index (κ1) is 18.9. The molecule has 0 aliphatic carbocycles. The number of rotatable bonds is 6. The van der Waals surface area contributed by atoms with Gasteiger partial charge in [-0.1, -0.05) is 0 Å². The second kappa shape index (κ2) is 8.64. The maximum absolute atomic E-state index is 11.8. The van der Waals surface area contributed by atoms with E-state index in [2.05, 4.69) is 26.7 Å². The summed E-state index contributed by atoms with van der Waals surface area (Å²) in [4.78, 5) is 20.5. The largest absolute Gasteiger partial charge is 0.462 e. The Labute approximate surface area is 163 Å². The third-order valence-electron chi connectivity index (χ3n) is 3.93. The molecule has 7 nitrogen and oxygen atoms in total. The minimum absolute atomic E-state index is 0.340. The Hall–Kier alpha value is -3.92. The number of carbonyl (C=O) groups excluding carboxylic acids is 1. The van der Waals surface area contributed by atoms with E-state index in [9.17, 15) is 4.79 Å². The highest BCUT2D eigenvalue weighted by Crippen LogP contribution is 2.22. The van der Waals surface area contributed by atoms with Crippen LogP contribution in [0.3, 0.4) is 0 Å². The maximum Gasteiger partial charge on any atom is 0.338 e. The third kappa shape index (κ3) is 4.62. The standard InChI is InChI=1S/C21H19N5O2/c1-3-28-20(27)16-6-9-18(14(2)12-16)25-19-10-11-23-21(26-19)24-17-7-4-15(13-22)5-8-17/h4-12H,3H2,1-2H3,(H2,23,24,25,26). The number of benzene rings is 2. The van der Waals surface area contributed by atoms with Crippen molar-refractivity contribution in [3.05, 3.63) is 71.4 Å². The van der Waals surface area contributed by atoms with Crippen molar-refractivity contribution in [2.75, 3.05) is 17.2 Å². The lowest BCUT2D eigenvalue weighted by atomic mass is 10.1. The van der Waals surface area contributed by atoms with Crippen molar-refractivity contribution in [2.24, 2.45) is 0 Å². The highest BCUT2D eigenvalue weighted by molar-refractivity contribution is 5.90. The number of hydrogen-bond donors (Lipinski definition) is 2. The molecule has 0 unspecified atom stereocenters. The zero-order valence-electron chi connectivity index (χ0n) is 15.6. The second-order valence-corrected chi connectivity index (χ2v) is 5.95. The van der Waals surface area contributed by atoms with Crippen LogP contribution in [0.25, 0.3) is 0 Å². The van der Waals surface area contributed by atoms with Gasteiger partial charge in [0.1, 0.15) is 5.82 Å². The van der Waals surface area contributed by atoms with Gasteiger partial charge < -0.3 is 15.4 Å². The van der Waals surface area contributed by atoms with Gasteiger partial charge in [-0.25, -0.2) is 9.78 Å². The van der Waals surface area contributed by atoms with Crippen molar-refractivity contribution in [1.29, 1.82) is 5.26 Å². The van der Waals surface area contributed by atoms with E-state index in [0.717, 1.165) is 16.9 Å². The summed E-state index contributed by atoms with van der Waals surface area (Å²) in [6.07, 6.45) is 1.64. The first-order chi connectivity index (χ1) is 13.6. The molecule has 0 saturated carbocycles. The number of hydrogen-bond acceptors (Lipinski definition) is 7. The molecule has 3 rings (SSSR count). The van der Waals surface area contributed by atoms with E-state index in [0.29, 0.717) is 29.5 Å². The minimum atomic E-state index is -0.340. The summed E-state index contributed by atoms with van der Waals surface area (Å²) in [5, 5.41) is 15.2. The molecule has 0 saturated heterocycles. The molecule has 0 bridgehead atoms. The van der Waals surface area contributed by atoms with Gasteiger partial charge in [-0.05, 0) is 67.9 Å². The summed E-state index contributed by atoms with van der Waals surface area (Å²) in [6, 6.07) is 16.2. The van der Waals surface area contributed by atoms with E-state index < -0.39 is 0 Å². The molecule has 0 amide bonds. The van der Waals surface area contributed by atoms with Crippen molar-refractivity contribution in [2.45, 2.75) is 13.8 Å². The highest BCUT2D eigenvalue weighted by atomic mass is 16.5. The summed E-state index contributed by atoms with van der Waals surface area (Å²) in [5.74, 6) is 0.696. The molecule has 0 aliphatic heterocycles. The molecule has 140 valence electrons. The third-order valence-corrected chi connectivity index (χ3v) is 3.93. The van der Waals surface area contributed by atoms with E-state index in [4.69, 9.17) is 10.00 Å². The lowest BCUT2D eigenvalue weighted by Crippen LogP contribution is -2.06. The lowest BCUT2D eigenvalue weighted by molar-refractivity contribution is 0.0526. The Kier molecular flexibility index (Phi) is 5.82. The molecule has 28 heavy (non-hydrogen) atoms. The van der Waals surface area contributed by atoms with Crippen LogP contribution in [0, 0.1) is 18.3 Å². The average molecular weight is 373 g/mol. The molecule has 0 aliphatic rings. The van der Waals surface area contributed by atoms with Gasteiger partial charge in [0.25, 0.3) is 0 Å². The molecule has 1 aromatic heterocycles. The summed E-state index contributed by atoms with van der Waals surface area (Å²) < 4.78 is 5.02. The predicted molar refractivity (Wildman–Crippen MR) is 107 cm³/mol. The van der Waals surface area contributed by atoms with Crippen LogP contribution in [0.15, 0.2) is 54.7 Å². The molecule has 0 spiro atoms. The normalized spacial score (nSPS) is 10.0. The smallest absolute Gasteiger partial charge is 0.338 e. The molecule has 0 fully saturated rings. The molecule has 3 aromatic rings. The van der Waals surface area contributed by atoms with Crippen LogP contribution in [0.4, 0.5) is 23.1 Å². The number of carbonyl (C=O) groups is 1. The summed E-state index contributed by atoms with van der Waals surface area (Å²) in [6.45, 7) is 4.02. The molecular formula is C21H19N5O2. The Morgan fingerprint density at radius 2 is 1.93 bits per heavy atom. The fourth-order valence-electron chi connectivity index (χ4n) is 2.53. The van der Waals surface area contributed by atoms with Gasteiger partial charge in [0, 0.05) is 17.6 Å². The van der Waals surface area contributed by atoms with Gasteiger partial charge in [0.05, 0.1) is 23.8 Å². The topological polar surface area (TPSA) is 99.9 Å². The van der Waals surface area contributed by atoms with Crippen LogP contribution in [-0.2, 0) is 4.74 Å². The van der Waals surface area contributed by atoms with Gasteiger partial charge in [-0.15, -0.1) is 0 Å². The lowest BCUT2D eigenvalue weighted by Gasteiger charge is -2.11. The number of ether oxygens (including phenoxy) is 1. The summed E-state index contributed by atoms with van der Waals surface area (Å²) in [5.41, 5.74) is 3.60. The SMILES string of the molecule is CCOC(=O)c1ccc(Nc2ccnc(Nc3ccc(C#N)cc3)n2)c(C)c1. The van der Waals surface area contributed by atoms with E-state index in [1.165, 1.54) is 0 Å². The van der Waals surface area contributed by atoms with Crippen molar-refractivity contribution in [3.63, 3.8) is 0 Å².